The van der Waals surface area contributed by atoms with Gasteiger partial charge < -0.3 is 10.2 Å². The van der Waals surface area contributed by atoms with Gasteiger partial charge in [0, 0.05) is 31.1 Å². The highest BCUT2D eigenvalue weighted by Crippen LogP contribution is 2.21. The number of amides is 2. The molecule has 2 amide bonds. The summed E-state index contributed by atoms with van der Waals surface area (Å²) in [7, 11) is 0. The number of hydrogen-bond donors (Lipinski definition) is 1. The van der Waals surface area contributed by atoms with E-state index in [1.54, 1.807) is 0 Å². The van der Waals surface area contributed by atoms with Gasteiger partial charge in [-0.3, -0.25) is 9.59 Å². The third-order valence-electron chi connectivity index (χ3n) is 5.30. The summed E-state index contributed by atoms with van der Waals surface area (Å²) in [5, 5.41) is 3.09. The Morgan fingerprint density at radius 1 is 1.08 bits per heavy atom. The van der Waals surface area contributed by atoms with Crippen LogP contribution >= 0.6 is 0 Å². The molecule has 0 radical (unpaired) electrons. The molecule has 4 heteroatoms. The molecule has 1 aromatic carbocycles. The molecule has 1 aromatic rings. The third-order valence-corrected chi connectivity index (χ3v) is 5.30. The van der Waals surface area contributed by atoms with Crippen molar-refractivity contribution in [3.05, 3.63) is 47.5 Å². The van der Waals surface area contributed by atoms with Gasteiger partial charge in [-0.2, -0.15) is 0 Å². The van der Waals surface area contributed by atoms with Crippen molar-refractivity contribution in [3.63, 3.8) is 0 Å². The van der Waals surface area contributed by atoms with Crippen LogP contribution in [0.2, 0.25) is 0 Å². The summed E-state index contributed by atoms with van der Waals surface area (Å²) in [5.41, 5.74) is 2.22. The first kappa shape index (κ1) is 17.7. The lowest BCUT2D eigenvalue weighted by Gasteiger charge is -2.31. The van der Waals surface area contributed by atoms with Crippen molar-refractivity contribution >= 4 is 11.8 Å². The van der Waals surface area contributed by atoms with Crippen molar-refractivity contribution in [2.75, 3.05) is 19.6 Å². The number of carbonyl (C=O) groups is 2. The van der Waals surface area contributed by atoms with Crippen LogP contribution < -0.4 is 5.32 Å². The summed E-state index contributed by atoms with van der Waals surface area (Å²) in [5.74, 6) is 0.270. The van der Waals surface area contributed by atoms with Crippen LogP contribution in [0.1, 0.15) is 55.3 Å². The molecule has 0 atom stereocenters. The van der Waals surface area contributed by atoms with E-state index in [-0.39, 0.29) is 17.7 Å². The molecule has 0 saturated carbocycles. The monoisotopic (exact) mass is 340 g/mol. The van der Waals surface area contributed by atoms with Gasteiger partial charge in [0.05, 0.1) is 0 Å². The van der Waals surface area contributed by atoms with Gasteiger partial charge >= 0.3 is 0 Å². The van der Waals surface area contributed by atoms with Crippen molar-refractivity contribution in [1.82, 2.24) is 10.2 Å². The summed E-state index contributed by atoms with van der Waals surface area (Å²) in [6.45, 7) is 2.07. The van der Waals surface area contributed by atoms with Gasteiger partial charge in [-0.05, 0) is 57.1 Å². The van der Waals surface area contributed by atoms with Gasteiger partial charge in [0.15, 0.2) is 0 Å². The molecule has 1 aliphatic carbocycles. The number of nitrogens with zero attached hydrogens (tertiary/aromatic N) is 1. The smallest absolute Gasteiger partial charge is 0.253 e. The van der Waals surface area contributed by atoms with Gasteiger partial charge in [-0.25, -0.2) is 0 Å². The molecule has 1 heterocycles. The SMILES string of the molecule is O=C(NCCC1=CCCCC1)C1CCN(C(=O)c2ccccc2)CC1. The molecular weight excluding hydrogens is 312 g/mol. The van der Waals surface area contributed by atoms with Crippen molar-refractivity contribution in [1.29, 1.82) is 0 Å². The van der Waals surface area contributed by atoms with Gasteiger partial charge in [-0.1, -0.05) is 29.8 Å². The molecule has 1 N–H and O–H groups in total. The molecule has 0 aromatic heterocycles. The van der Waals surface area contributed by atoms with Crippen LogP contribution in [0.15, 0.2) is 42.0 Å². The van der Waals surface area contributed by atoms with Crippen molar-refractivity contribution < 1.29 is 9.59 Å². The second-order valence-electron chi connectivity index (χ2n) is 7.08. The van der Waals surface area contributed by atoms with E-state index in [4.69, 9.17) is 0 Å². The zero-order valence-electron chi connectivity index (χ0n) is 14.9. The maximum Gasteiger partial charge on any atom is 0.253 e. The Bertz CT molecular complexity index is 616. The Balaban J connectivity index is 1.40. The molecule has 1 saturated heterocycles. The van der Waals surface area contributed by atoms with Crippen molar-refractivity contribution in [2.45, 2.75) is 44.9 Å². The van der Waals surface area contributed by atoms with Crippen LogP contribution in [-0.2, 0) is 4.79 Å². The molecule has 1 aliphatic heterocycles. The van der Waals surface area contributed by atoms with E-state index in [0.29, 0.717) is 13.1 Å². The maximum atomic E-state index is 12.4. The Kier molecular flexibility index (Phi) is 6.26. The summed E-state index contributed by atoms with van der Waals surface area (Å²) in [4.78, 5) is 26.7. The summed E-state index contributed by atoms with van der Waals surface area (Å²) < 4.78 is 0. The molecule has 4 nitrogen and oxygen atoms in total. The fourth-order valence-electron chi connectivity index (χ4n) is 3.73. The predicted molar refractivity (Wildman–Crippen MR) is 99.2 cm³/mol. The highest BCUT2D eigenvalue weighted by Gasteiger charge is 2.27. The lowest BCUT2D eigenvalue weighted by molar-refractivity contribution is -0.126. The fraction of sp³-hybridized carbons (Fsp3) is 0.524. The first-order valence-corrected chi connectivity index (χ1v) is 9.54. The second kappa shape index (κ2) is 8.84. The van der Waals surface area contributed by atoms with E-state index >= 15 is 0 Å². The molecule has 1 fully saturated rings. The fourth-order valence-corrected chi connectivity index (χ4v) is 3.73. The molecule has 0 bridgehead atoms. The minimum atomic E-state index is 0.0418. The molecule has 134 valence electrons. The van der Waals surface area contributed by atoms with E-state index in [2.05, 4.69) is 11.4 Å². The number of benzene rings is 1. The van der Waals surface area contributed by atoms with E-state index in [1.807, 2.05) is 35.2 Å². The van der Waals surface area contributed by atoms with E-state index in [0.717, 1.165) is 31.4 Å². The standard InChI is InChI=1S/C21H28N2O2/c24-20(22-14-11-17-7-3-1-4-8-17)18-12-15-23(16-13-18)21(25)19-9-5-2-6-10-19/h2,5-7,9-10,18H,1,3-4,8,11-16H2,(H,22,24). The maximum absolute atomic E-state index is 12.4. The number of piperidine rings is 1. The zero-order valence-corrected chi connectivity index (χ0v) is 14.9. The average Bonchev–Trinajstić information content (AvgIpc) is 2.69. The molecular formula is C21H28N2O2. The van der Waals surface area contributed by atoms with E-state index < -0.39 is 0 Å². The third kappa shape index (κ3) is 4.94. The van der Waals surface area contributed by atoms with Crippen LogP contribution in [0.25, 0.3) is 0 Å². The second-order valence-corrected chi connectivity index (χ2v) is 7.08. The average molecular weight is 340 g/mol. The Morgan fingerprint density at radius 3 is 2.52 bits per heavy atom. The topological polar surface area (TPSA) is 49.4 Å². The molecule has 0 spiro atoms. The Labute approximate surface area is 150 Å². The molecule has 3 rings (SSSR count). The van der Waals surface area contributed by atoms with Gasteiger partial charge in [0.2, 0.25) is 5.91 Å². The minimum absolute atomic E-state index is 0.0418. The van der Waals surface area contributed by atoms with Crippen molar-refractivity contribution in [3.8, 4) is 0 Å². The van der Waals surface area contributed by atoms with Crippen LogP contribution in [0.4, 0.5) is 0 Å². The number of hydrogen-bond acceptors (Lipinski definition) is 2. The zero-order chi connectivity index (χ0) is 17.5. The quantitative estimate of drug-likeness (QED) is 0.834. The number of likely N-dealkylation sites (tertiary alicyclic amines) is 1. The Hall–Kier alpha value is -2.10. The summed E-state index contributed by atoms with van der Waals surface area (Å²) in [6, 6.07) is 9.38. The first-order valence-electron chi connectivity index (χ1n) is 9.54. The molecule has 0 unspecified atom stereocenters. The summed E-state index contributed by atoms with van der Waals surface area (Å²) in [6.07, 6.45) is 9.80. The normalized spacial score (nSPS) is 18.6. The first-order chi connectivity index (χ1) is 12.2. The molecule has 25 heavy (non-hydrogen) atoms. The number of nitrogens with one attached hydrogen (secondary N) is 1. The largest absolute Gasteiger partial charge is 0.356 e. The number of rotatable bonds is 5. The highest BCUT2D eigenvalue weighted by atomic mass is 16.2. The van der Waals surface area contributed by atoms with E-state index in [9.17, 15) is 9.59 Å². The van der Waals surface area contributed by atoms with Crippen LogP contribution in [0.5, 0.6) is 0 Å². The van der Waals surface area contributed by atoms with Crippen LogP contribution in [0.3, 0.4) is 0 Å². The predicted octanol–water partition coefficient (Wildman–Crippen LogP) is 3.55. The lowest BCUT2D eigenvalue weighted by Crippen LogP contribution is -2.43. The van der Waals surface area contributed by atoms with Gasteiger partial charge in [0.1, 0.15) is 0 Å². The van der Waals surface area contributed by atoms with Gasteiger partial charge in [-0.15, -0.1) is 0 Å². The van der Waals surface area contributed by atoms with E-state index in [1.165, 1.54) is 31.3 Å². The van der Waals surface area contributed by atoms with Crippen LogP contribution in [0, 0.1) is 5.92 Å². The minimum Gasteiger partial charge on any atom is -0.356 e. The van der Waals surface area contributed by atoms with Crippen LogP contribution in [-0.4, -0.2) is 36.3 Å². The number of carbonyl (C=O) groups excluding carboxylic acids is 2. The highest BCUT2D eigenvalue weighted by molar-refractivity contribution is 5.94. The van der Waals surface area contributed by atoms with Crippen molar-refractivity contribution in [2.24, 2.45) is 5.92 Å². The Morgan fingerprint density at radius 2 is 1.84 bits per heavy atom. The number of allylic oxidation sites excluding steroid dienone is 1. The van der Waals surface area contributed by atoms with Gasteiger partial charge in [0.25, 0.3) is 5.91 Å². The lowest BCUT2D eigenvalue weighted by atomic mass is 9.94. The summed E-state index contributed by atoms with van der Waals surface area (Å²) >= 11 is 0. The molecule has 2 aliphatic rings.